The van der Waals surface area contributed by atoms with E-state index in [9.17, 15) is 0 Å². The summed E-state index contributed by atoms with van der Waals surface area (Å²) in [6, 6.07) is 6.12. The van der Waals surface area contributed by atoms with Crippen molar-refractivity contribution in [1.82, 2.24) is 24.7 Å². The molecule has 0 bridgehead atoms. The van der Waals surface area contributed by atoms with Crippen LogP contribution >= 0.6 is 11.6 Å². The molecular formula is C21H24ClN9. The molecular weight excluding hydrogens is 414 g/mol. The van der Waals surface area contributed by atoms with Gasteiger partial charge in [-0.1, -0.05) is 11.6 Å². The van der Waals surface area contributed by atoms with E-state index in [-0.39, 0.29) is 0 Å². The van der Waals surface area contributed by atoms with Crippen LogP contribution in [0.3, 0.4) is 0 Å². The van der Waals surface area contributed by atoms with Gasteiger partial charge in [-0.25, -0.2) is 9.97 Å². The first-order valence-corrected chi connectivity index (χ1v) is 10.5. The first-order valence-electron chi connectivity index (χ1n) is 10.1. The van der Waals surface area contributed by atoms with Gasteiger partial charge < -0.3 is 15.1 Å². The summed E-state index contributed by atoms with van der Waals surface area (Å²) < 4.78 is 1.75. The SMILES string of the molecule is Cc1nn(C)cc1Nc1ncc(Cl)c(N(C)C2CCN(c3ccc(C#N)cn3)CC2)n1. The molecule has 0 atom stereocenters. The lowest BCUT2D eigenvalue weighted by Gasteiger charge is -2.38. The Morgan fingerprint density at radius 3 is 2.61 bits per heavy atom. The van der Waals surface area contributed by atoms with E-state index < -0.39 is 0 Å². The number of halogens is 1. The third-order valence-electron chi connectivity index (χ3n) is 5.53. The highest BCUT2D eigenvalue weighted by atomic mass is 35.5. The second kappa shape index (κ2) is 8.78. The zero-order valence-electron chi connectivity index (χ0n) is 17.7. The number of anilines is 4. The van der Waals surface area contributed by atoms with E-state index in [1.54, 1.807) is 23.1 Å². The highest BCUT2D eigenvalue weighted by molar-refractivity contribution is 6.32. The van der Waals surface area contributed by atoms with Crippen LogP contribution in [0.5, 0.6) is 0 Å². The Bertz CT molecular complexity index is 1100. The van der Waals surface area contributed by atoms with Crippen LogP contribution in [0.2, 0.25) is 5.02 Å². The summed E-state index contributed by atoms with van der Waals surface area (Å²) in [4.78, 5) is 17.8. The fourth-order valence-electron chi connectivity index (χ4n) is 3.80. The van der Waals surface area contributed by atoms with E-state index in [1.807, 2.05) is 33.3 Å². The molecule has 0 amide bonds. The predicted octanol–water partition coefficient (Wildman–Crippen LogP) is 3.29. The molecule has 0 aliphatic carbocycles. The zero-order chi connectivity index (χ0) is 22.0. The van der Waals surface area contributed by atoms with Crippen LogP contribution in [0, 0.1) is 18.3 Å². The summed E-state index contributed by atoms with van der Waals surface area (Å²) in [6.07, 6.45) is 7.03. The molecule has 10 heteroatoms. The average Bonchev–Trinajstić information content (AvgIpc) is 3.11. The quantitative estimate of drug-likeness (QED) is 0.649. The highest BCUT2D eigenvalue weighted by Crippen LogP contribution is 2.29. The molecule has 3 aromatic heterocycles. The molecule has 160 valence electrons. The Labute approximate surface area is 186 Å². The number of hydrogen-bond acceptors (Lipinski definition) is 8. The van der Waals surface area contributed by atoms with Crippen molar-refractivity contribution in [2.75, 3.05) is 35.3 Å². The van der Waals surface area contributed by atoms with E-state index in [2.05, 4.69) is 41.2 Å². The van der Waals surface area contributed by atoms with Crippen LogP contribution in [0.25, 0.3) is 0 Å². The van der Waals surface area contributed by atoms with Crippen molar-refractivity contribution >= 4 is 34.9 Å². The summed E-state index contributed by atoms with van der Waals surface area (Å²) in [5, 5.41) is 17.0. The second-order valence-electron chi connectivity index (χ2n) is 7.64. The number of nitrogens with one attached hydrogen (secondary N) is 1. The smallest absolute Gasteiger partial charge is 0.229 e. The van der Waals surface area contributed by atoms with Crippen LogP contribution in [-0.4, -0.2) is 50.9 Å². The van der Waals surface area contributed by atoms with Gasteiger partial charge in [0, 0.05) is 45.6 Å². The third kappa shape index (κ3) is 4.54. The molecule has 0 saturated carbocycles. The standard InChI is InChI=1S/C21H24ClN9/c1-14-18(13-29(2)28-14)26-21-25-12-17(22)20(27-21)30(3)16-6-8-31(9-7-16)19-5-4-15(10-23)11-24-19/h4-5,11-13,16H,6-9H2,1-3H3,(H,25,26,27). The van der Waals surface area contributed by atoms with Gasteiger partial charge in [-0.15, -0.1) is 0 Å². The topological polar surface area (TPSA) is 98.8 Å². The first kappa shape index (κ1) is 20.9. The largest absolute Gasteiger partial charge is 0.356 e. The molecule has 0 aromatic carbocycles. The van der Waals surface area contributed by atoms with Gasteiger partial charge >= 0.3 is 0 Å². The second-order valence-corrected chi connectivity index (χ2v) is 8.05. The highest BCUT2D eigenvalue weighted by Gasteiger charge is 2.25. The lowest BCUT2D eigenvalue weighted by Crippen LogP contribution is -2.44. The molecule has 0 spiro atoms. The summed E-state index contributed by atoms with van der Waals surface area (Å²) in [5.74, 6) is 2.09. The molecule has 1 aliphatic heterocycles. The molecule has 1 saturated heterocycles. The number of nitriles is 1. The van der Waals surface area contributed by atoms with E-state index in [0.717, 1.165) is 43.1 Å². The van der Waals surface area contributed by atoms with Crippen LogP contribution < -0.4 is 15.1 Å². The molecule has 1 aliphatic rings. The Morgan fingerprint density at radius 2 is 2.00 bits per heavy atom. The van der Waals surface area contributed by atoms with Gasteiger partial charge in [-0.05, 0) is 31.9 Å². The van der Waals surface area contributed by atoms with Gasteiger partial charge in [0.05, 0.1) is 23.1 Å². The zero-order valence-corrected chi connectivity index (χ0v) is 18.5. The van der Waals surface area contributed by atoms with E-state index in [0.29, 0.717) is 28.4 Å². The minimum Gasteiger partial charge on any atom is -0.356 e. The monoisotopic (exact) mass is 437 g/mol. The molecule has 0 unspecified atom stereocenters. The van der Waals surface area contributed by atoms with E-state index >= 15 is 0 Å². The van der Waals surface area contributed by atoms with Crippen molar-refractivity contribution in [3.8, 4) is 6.07 Å². The summed E-state index contributed by atoms with van der Waals surface area (Å²) in [7, 11) is 3.90. The van der Waals surface area contributed by atoms with Crippen molar-refractivity contribution in [3.63, 3.8) is 0 Å². The molecule has 9 nitrogen and oxygen atoms in total. The van der Waals surface area contributed by atoms with E-state index in [1.165, 1.54) is 0 Å². The lowest BCUT2D eigenvalue weighted by atomic mass is 10.0. The van der Waals surface area contributed by atoms with Gasteiger partial charge in [-0.2, -0.15) is 15.3 Å². The van der Waals surface area contributed by atoms with Crippen molar-refractivity contribution in [2.24, 2.45) is 7.05 Å². The fraction of sp³-hybridized carbons (Fsp3) is 0.381. The fourth-order valence-corrected chi connectivity index (χ4v) is 4.03. The van der Waals surface area contributed by atoms with Crippen molar-refractivity contribution in [3.05, 3.63) is 47.0 Å². The molecule has 0 radical (unpaired) electrons. The number of pyridine rings is 1. The van der Waals surface area contributed by atoms with Crippen molar-refractivity contribution in [1.29, 1.82) is 5.26 Å². The average molecular weight is 438 g/mol. The Balaban J connectivity index is 1.44. The number of nitrogens with zero attached hydrogens (tertiary/aromatic N) is 8. The maximum Gasteiger partial charge on any atom is 0.229 e. The molecule has 31 heavy (non-hydrogen) atoms. The summed E-state index contributed by atoms with van der Waals surface area (Å²) >= 11 is 6.44. The lowest BCUT2D eigenvalue weighted by molar-refractivity contribution is 0.478. The van der Waals surface area contributed by atoms with Gasteiger partial charge in [0.15, 0.2) is 5.82 Å². The maximum atomic E-state index is 8.94. The number of aromatic nitrogens is 5. The van der Waals surface area contributed by atoms with Crippen LogP contribution in [0.4, 0.5) is 23.3 Å². The van der Waals surface area contributed by atoms with E-state index in [4.69, 9.17) is 16.9 Å². The number of rotatable bonds is 5. The van der Waals surface area contributed by atoms with Crippen LogP contribution in [0.1, 0.15) is 24.1 Å². The minimum atomic E-state index is 0.301. The molecule has 1 N–H and O–H groups in total. The molecule has 1 fully saturated rings. The number of hydrogen-bond donors (Lipinski definition) is 1. The molecule has 4 rings (SSSR count). The minimum absolute atomic E-state index is 0.301. The normalized spacial score (nSPS) is 14.4. The van der Waals surface area contributed by atoms with Gasteiger partial charge in [0.2, 0.25) is 5.95 Å². The summed E-state index contributed by atoms with van der Waals surface area (Å²) in [5.41, 5.74) is 2.31. The van der Waals surface area contributed by atoms with Crippen LogP contribution in [0.15, 0.2) is 30.7 Å². The van der Waals surface area contributed by atoms with Gasteiger partial charge in [0.25, 0.3) is 0 Å². The molecule has 3 aromatic rings. The Hall–Kier alpha value is -3.38. The predicted molar refractivity (Wildman–Crippen MR) is 121 cm³/mol. The van der Waals surface area contributed by atoms with Crippen LogP contribution in [-0.2, 0) is 7.05 Å². The molecule has 4 heterocycles. The summed E-state index contributed by atoms with van der Waals surface area (Å²) in [6.45, 7) is 3.68. The van der Waals surface area contributed by atoms with Gasteiger partial charge in [0.1, 0.15) is 16.9 Å². The maximum absolute atomic E-state index is 8.94. The van der Waals surface area contributed by atoms with Crippen molar-refractivity contribution in [2.45, 2.75) is 25.8 Å². The van der Waals surface area contributed by atoms with Gasteiger partial charge in [-0.3, -0.25) is 4.68 Å². The number of piperidine rings is 1. The Morgan fingerprint density at radius 1 is 1.23 bits per heavy atom. The Kier molecular flexibility index (Phi) is 5.91. The first-order chi connectivity index (χ1) is 14.9. The van der Waals surface area contributed by atoms with Crippen molar-refractivity contribution < 1.29 is 0 Å². The number of aryl methyl sites for hydroxylation is 2. The third-order valence-corrected chi connectivity index (χ3v) is 5.80.